The van der Waals surface area contributed by atoms with Crippen LogP contribution >= 0.6 is 18.8 Å². The van der Waals surface area contributed by atoms with E-state index >= 15 is 0 Å². The molecule has 0 aliphatic carbocycles. The molecule has 0 aliphatic heterocycles. The molecule has 0 heterocycles. The van der Waals surface area contributed by atoms with Gasteiger partial charge in [-0.2, -0.15) is 0 Å². The summed E-state index contributed by atoms with van der Waals surface area (Å²) in [6.45, 7) is 11.5. The van der Waals surface area contributed by atoms with Crippen molar-refractivity contribution in [1.29, 1.82) is 0 Å². The van der Waals surface area contributed by atoms with Gasteiger partial charge in [-0.1, -0.05) is 35.4 Å². The quantitative estimate of drug-likeness (QED) is 0.636. The second kappa shape index (κ2) is 6.99. The van der Waals surface area contributed by atoms with Crippen LogP contribution in [0.4, 0.5) is 0 Å². The van der Waals surface area contributed by atoms with Crippen LogP contribution in [0.25, 0.3) is 0 Å². The maximum absolute atomic E-state index is 5.83. The lowest BCUT2D eigenvalue weighted by Crippen LogP contribution is -1.94. The Kier molecular flexibility index (Phi) is 6.53. The average Bonchev–Trinajstić information content (AvgIpc) is 2.06. The molecule has 0 unspecified atom stereocenters. The minimum absolute atomic E-state index is 0.641. The summed E-state index contributed by atoms with van der Waals surface area (Å²) in [6.07, 6.45) is -5.52. The largest absolute Gasteiger partial charge is 0.467 e. The third-order valence-corrected chi connectivity index (χ3v) is 4.45. The van der Waals surface area contributed by atoms with E-state index in [1.165, 1.54) is 0 Å². The van der Waals surface area contributed by atoms with Crippen LogP contribution in [0.3, 0.4) is 0 Å². The van der Waals surface area contributed by atoms with Crippen LogP contribution in [0, 0.1) is 0 Å². The summed E-state index contributed by atoms with van der Waals surface area (Å²) in [4.78, 5) is 0. The molecule has 0 fully saturated rings. The fourth-order valence-electron chi connectivity index (χ4n) is 1.47. The molecule has 120 valence electrons. The Labute approximate surface area is 143 Å². The fourth-order valence-corrected chi connectivity index (χ4v) is 4.08. The van der Waals surface area contributed by atoms with Crippen molar-refractivity contribution in [3.05, 3.63) is 18.2 Å². The first-order valence-corrected chi connectivity index (χ1v) is 17.0. The van der Waals surface area contributed by atoms with E-state index in [0.717, 1.165) is 0 Å². The highest BCUT2D eigenvalue weighted by Crippen LogP contribution is 2.47. The zero-order chi connectivity index (χ0) is 16.5. The zero-order valence-electron chi connectivity index (χ0n) is 13.0. The van der Waals surface area contributed by atoms with E-state index in [1.54, 1.807) is 0 Å². The molecule has 0 saturated carbocycles. The maximum Gasteiger partial charge on any atom is 0.131 e. The fraction of sp³-hybridized carbons (Fsp3) is 0.500. The lowest BCUT2D eigenvalue weighted by atomic mass is 10.3. The summed E-state index contributed by atoms with van der Waals surface area (Å²) < 4.78 is 17.5. The second-order valence-electron chi connectivity index (χ2n) is 5.67. The van der Waals surface area contributed by atoms with E-state index in [4.69, 9.17) is 49.0 Å². The van der Waals surface area contributed by atoms with Crippen LogP contribution in [0.1, 0.15) is 0 Å². The molecule has 0 bridgehead atoms. The predicted octanol–water partition coefficient (Wildman–Crippen LogP) is 4.79. The predicted molar refractivity (Wildman–Crippen MR) is 107 cm³/mol. The summed E-state index contributed by atoms with van der Waals surface area (Å²) in [7, 11) is 0. The molecule has 0 aliphatic rings. The Morgan fingerprint density at radius 2 is 0.762 bits per heavy atom. The van der Waals surface area contributed by atoms with Gasteiger partial charge < -0.3 is 13.6 Å². The van der Waals surface area contributed by atoms with Gasteiger partial charge in [-0.15, -0.1) is 0 Å². The lowest BCUT2D eigenvalue weighted by molar-refractivity contribution is 0.568. The highest BCUT2D eigenvalue weighted by atomic mass is 32.5. The Balaban J connectivity index is 3.22. The van der Waals surface area contributed by atoms with Crippen molar-refractivity contribution in [2.45, 2.75) is 0 Å². The lowest BCUT2D eigenvalue weighted by Gasteiger charge is -2.20. The first kappa shape index (κ1) is 19.6. The summed E-state index contributed by atoms with van der Waals surface area (Å²) in [5.74, 6) is 1.92. The van der Waals surface area contributed by atoms with Crippen molar-refractivity contribution in [1.82, 2.24) is 0 Å². The van der Waals surface area contributed by atoms with Gasteiger partial charge in [-0.05, 0) is 40.0 Å². The second-order valence-corrected chi connectivity index (χ2v) is 21.6. The van der Waals surface area contributed by atoms with E-state index in [1.807, 2.05) is 58.2 Å². The van der Waals surface area contributed by atoms with Crippen LogP contribution < -0.4 is 13.6 Å². The molecule has 0 radical (unpaired) electrons. The van der Waals surface area contributed by atoms with Gasteiger partial charge in [0.15, 0.2) is 0 Å². The molecular weight excluding hydrogens is 381 g/mol. The molecule has 1 aromatic carbocycles. The summed E-state index contributed by atoms with van der Waals surface area (Å²) in [6, 6.07) is 5.43. The Morgan fingerprint density at radius 1 is 0.571 bits per heavy atom. The Hall–Kier alpha value is 0.570. The van der Waals surface area contributed by atoms with E-state index in [9.17, 15) is 0 Å². The molecule has 0 aromatic heterocycles. The van der Waals surface area contributed by atoms with Crippen LogP contribution in [-0.2, 0) is 35.4 Å². The van der Waals surface area contributed by atoms with Crippen LogP contribution in [0.15, 0.2) is 18.2 Å². The van der Waals surface area contributed by atoms with E-state index < -0.39 is 18.8 Å². The van der Waals surface area contributed by atoms with Crippen molar-refractivity contribution in [2.24, 2.45) is 0 Å². The van der Waals surface area contributed by atoms with Crippen LogP contribution in [0.5, 0.6) is 17.2 Å². The number of rotatable bonds is 6. The molecule has 0 atom stereocenters. The van der Waals surface area contributed by atoms with Gasteiger partial charge in [0.1, 0.15) is 36.0 Å². The third kappa shape index (κ3) is 9.33. The highest BCUT2D eigenvalue weighted by molar-refractivity contribution is 8.12. The van der Waals surface area contributed by atoms with Gasteiger partial charge in [0.2, 0.25) is 0 Å². The molecular formula is C12H21O3P3S3. The monoisotopic (exact) mass is 402 g/mol. The summed E-state index contributed by atoms with van der Waals surface area (Å²) in [5, 5.41) is 0. The molecule has 0 N–H and O–H groups in total. The minimum atomic E-state index is -1.84. The number of benzene rings is 1. The zero-order valence-corrected chi connectivity index (χ0v) is 18.2. The average molecular weight is 402 g/mol. The van der Waals surface area contributed by atoms with E-state index in [2.05, 4.69) is 0 Å². The molecule has 1 rings (SSSR count). The normalized spacial score (nSPS) is 12.9. The maximum atomic E-state index is 5.83. The van der Waals surface area contributed by atoms with Crippen molar-refractivity contribution in [3.8, 4) is 17.2 Å². The minimum Gasteiger partial charge on any atom is -0.467 e. The molecule has 0 amide bonds. The molecule has 0 spiro atoms. The highest BCUT2D eigenvalue weighted by Gasteiger charge is 2.13. The molecule has 1 aromatic rings. The van der Waals surface area contributed by atoms with Gasteiger partial charge >= 0.3 is 0 Å². The van der Waals surface area contributed by atoms with Gasteiger partial charge in [-0.25, -0.2) is 0 Å². The van der Waals surface area contributed by atoms with Gasteiger partial charge in [-0.3, -0.25) is 0 Å². The van der Waals surface area contributed by atoms with E-state index in [0.29, 0.717) is 17.2 Å². The smallest absolute Gasteiger partial charge is 0.131 e. The van der Waals surface area contributed by atoms with Crippen LogP contribution in [0.2, 0.25) is 0 Å². The van der Waals surface area contributed by atoms with Crippen LogP contribution in [-0.4, -0.2) is 40.0 Å². The van der Waals surface area contributed by atoms with Crippen molar-refractivity contribution >= 4 is 54.2 Å². The van der Waals surface area contributed by atoms with Gasteiger partial charge in [0, 0.05) is 18.2 Å². The number of hydrogen-bond donors (Lipinski definition) is 0. The van der Waals surface area contributed by atoms with Crippen molar-refractivity contribution < 1.29 is 13.6 Å². The molecule has 3 nitrogen and oxygen atoms in total. The SMILES string of the molecule is CP(C)(=S)Oc1cc(OP(C)(C)=S)cc(OP(C)(C)=S)c1. The summed E-state index contributed by atoms with van der Waals surface area (Å²) in [5.41, 5.74) is 0. The standard InChI is InChI=1S/C12H21O3P3S3/c1-16(2,19)13-10-7-11(14-17(3,4)20)9-12(8-10)15-18(5,6)21/h7-9H,1-6H3. The topological polar surface area (TPSA) is 27.7 Å². The molecule has 0 saturated heterocycles. The Morgan fingerprint density at radius 3 is 0.905 bits per heavy atom. The third-order valence-electron chi connectivity index (χ3n) is 1.83. The van der Waals surface area contributed by atoms with Crippen molar-refractivity contribution in [3.63, 3.8) is 0 Å². The van der Waals surface area contributed by atoms with Crippen molar-refractivity contribution in [2.75, 3.05) is 40.0 Å². The van der Waals surface area contributed by atoms with E-state index in [-0.39, 0.29) is 0 Å². The van der Waals surface area contributed by atoms with Gasteiger partial charge in [0.05, 0.1) is 0 Å². The first-order valence-electron chi connectivity index (χ1n) is 6.12. The Bertz CT molecular complexity index is 554. The molecule has 9 heteroatoms. The summed E-state index contributed by atoms with van der Waals surface area (Å²) >= 11 is 16.1. The first-order chi connectivity index (χ1) is 9.23. The van der Waals surface area contributed by atoms with Gasteiger partial charge in [0.25, 0.3) is 0 Å². The molecule has 21 heavy (non-hydrogen) atoms. The number of hydrogen-bond acceptors (Lipinski definition) is 6.